The lowest BCUT2D eigenvalue weighted by Crippen LogP contribution is -2.02. The van der Waals surface area contributed by atoms with Gasteiger partial charge in [-0.2, -0.15) is 0 Å². The molecule has 1 saturated carbocycles. The third-order valence-corrected chi connectivity index (χ3v) is 4.63. The zero-order valence-corrected chi connectivity index (χ0v) is 11.5. The van der Waals surface area contributed by atoms with Gasteiger partial charge in [0.05, 0.1) is 0 Å². The highest BCUT2D eigenvalue weighted by atomic mass is 32.2. The van der Waals surface area contributed by atoms with Crippen molar-refractivity contribution in [1.82, 2.24) is 0 Å². The van der Waals surface area contributed by atoms with E-state index in [-0.39, 0.29) is 0 Å². The monoisotopic (exact) mass is 246 g/mol. The number of allylic oxidation sites excluding steroid dienone is 1. The molecule has 1 aromatic carbocycles. The van der Waals surface area contributed by atoms with E-state index in [0.29, 0.717) is 5.92 Å². The summed E-state index contributed by atoms with van der Waals surface area (Å²) < 4.78 is 0. The number of thioether (sulfide) groups is 1. The maximum absolute atomic E-state index is 4.02. The largest absolute Gasteiger partial charge is 0.130 e. The van der Waals surface area contributed by atoms with Crippen LogP contribution in [0.4, 0.5) is 0 Å². The second kappa shape index (κ2) is 6.30. The van der Waals surface area contributed by atoms with Crippen molar-refractivity contribution in [3.8, 4) is 0 Å². The van der Waals surface area contributed by atoms with Crippen LogP contribution < -0.4 is 0 Å². The highest BCUT2D eigenvalue weighted by Gasteiger charge is 2.19. The fourth-order valence-corrected chi connectivity index (χ4v) is 3.23. The first-order valence-corrected chi connectivity index (χ1v) is 7.82. The van der Waals surface area contributed by atoms with Gasteiger partial charge in [-0.15, -0.1) is 18.3 Å². The van der Waals surface area contributed by atoms with Gasteiger partial charge in [0.25, 0.3) is 0 Å². The quantitative estimate of drug-likeness (QED) is 0.504. The van der Waals surface area contributed by atoms with Crippen molar-refractivity contribution in [3.05, 3.63) is 42.5 Å². The van der Waals surface area contributed by atoms with Crippen LogP contribution in [-0.2, 0) is 0 Å². The molecular weight excluding hydrogens is 224 g/mol. The second-order valence-corrected chi connectivity index (χ2v) is 5.88. The standard InChI is InChI=1S/C16H22S/c1-3-14(12-13-6-4-5-7-13)15-8-10-16(17-2)11-9-15/h3,8-11,13-14H,1,4-7,12H2,2H3. The van der Waals surface area contributed by atoms with E-state index in [0.717, 1.165) is 5.92 Å². The van der Waals surface area contributed by atoms with Crippen molar-refractivity contribution in [3.63, 3.8) is 0 Å². The Morgan fingerprint density at radius 3 is 2.47 bits per heavy atom. The molecule has 1 atom stereocenters. The van der Waals surface area contributed by atoms with Crippen LogP contribution in [0.25, 0.3) is 0 Å². The zero-order valence-electron chi connectivity index (χ0n) is 10.7. The van der Waals surface area contributed by atoms with E-state index < -0.39 is 0 Å². The lowest BCUT2D eigenvalue weighted by molar-refractivity contribution is 0.479. The van der Waals surface area contributed by atoms with E-state index in [1.165, 1.54) is 42.6 Å². The summed E-state index contributed by atoms with van der Waals surface area (Å²) in [6.45, 7) is 4.02. The van der Waals surface area contributed by atoms with E-state index in [9.17, 15) is 0 Å². The minimum atomic E-state index is 0.550. The second-order valence-electron chi connectivity index (χ2n) is 5.00. The van der Waals surface area contributed by atoms with Gasteiger partial charge in [-0.3, -0.25) is 0 Å². The molecule has 0 heterocycles. The van der Waals surface area contributed by atoms with Gasteiger partial charge in [0.15, 0.2) is 0 Å². The van der Waals surface area contributed by atoms with Gasteiger partial charge in [0, 0.05) is 10.8 Å². The maximum atomic E-state index is 4.02. The van der Waals surface area contributed by atoms with Crippen LogP contribution in [0, 0.1) is 5.92 Å². The summed E-state index contributed by atoms with van der Waals surface area (Å²) in [6.07, 6.45) is 11.3. The van der Waals surface area contributed by atoms with Crippen LogP contribution >= 0.6 is 11.8 Å². The average molecular weight is 246 g/mol. The molecule has 1 unspecified atom stereocenters. The summed E-state index contributed by atoms with van der Waals surface area (Å²) >= 11 is 1.80. The van der Waals surface area contributed by atoms with E-state index >= 15 is 0 Å². The van der Waals surface area contributed by atoms with Gasteiger partial charge >= 0.3 is 0 Å². The lowest BCUT2D eigenvalue weighted by atomic mass is 9.88. The number of benzene rings is 1. The Morgan fingerprint density at radius 1 is 1.29 bits per heavy atom. The van der Waals surface area contributed by atoms with E-state index in [1.54, 1.807) is 11.8 Å². The molecule has 1 aromatic rings. The number of hydrogen-bond donors (Lipinski definition) is 0. The van der Waals surface area contributed by atoms with Crippen LogP contribution in [0.1, 0.15) is 43.6 Å². The molecule has 0 N–H and O–H groups in total. The molecule has 0 saturated heterocycles. The van der Waals surface area contributed by atoms with Crippen LogP contribution in [-0.4, -0.2) is 6.26 Å². The van der Waals surface area contributed by atoms with Crippen LogP contribution in [0.5, 0.6) is 0 Å². The SMILES string of the molecule is C=CC(CC1CCCC1)c1ccc(SC)cc1. The zero-order chi connectivity index (χ0) is 12.1. The Balaban J connectivity index is 2.02. The molecule has 0 amide bonds. The lowest BCUT2D eigenvalue weighted by Gasteiger charge is -2.17. The Kier molecular flexibility index (Phi) is 4.73. The first-order chi connectivity index (χ1) is 8.33. The van der Waals surface area contributed by atoms with E-state index in [2.05, 4.69) is 43.2 Å². The fourth-order valence-electron chi connectivity index (χ4n) is 2.82. The molecule has 2 rings (SSSR count). The highest BCUT2D eigenvalue weighted by Crippen LogP contribution is 2.34. The van der Waals surface area contributed by atoms with Gasteiger partial charge in [0.1, 0.15) is 0 Å². The van der Waals surface area contributed by atoms with Crippen molar-refractivity contribution in [2.45, 2.75) is 42.9 Å². The molecule has 1 aliphatic carbocycles. The first-order valence-electron chi connectivity index (χ1n) is 6.60. The molecule has 0 aliphatic heterocycles. The maximum Gasteiger partial charge on any atom is 0.00693 e. The smallest absolute Gasteiger partial charge is 0.00693 e. The summed E-state index contributed by atoms with van der Waals surface area (Å²) in [7, 11) is 0. The van der Waals surface area contributed by atoms with Gasteiger partial charge in [-0.1, -0.05) is 43.9 Å². The minimum absolute atomic E-state index is 0.550. The predicted octanol–water partition coefficient (Wildman–Crippen LogP) is 5.26. The van der Waals surface area contributed by atoms with Crippen LogP contribution in [0.2, 0.25) is 0 Å². The van der Waals surface area contributed by atoms with Crippen molar-refractivity contribution in [2.75, 3.05) is 6.26 Å². The molecule has 1 heteroatoms. The molecule has 92 valence electrons. The van der Waals surface area contributed by atoms with Crippen molar-refractivity contribution >= 4 is 11.8 Å². The Hall–Kier alpha value is -0.690. The number of hydrogen-bond acceptors (Lipinski definition) is 1. The van der Waals surface area contributed by atoms with Gasteiger partial charge in [-0.25, -0.2) is 0 Å². The third kappa shape index (κ3) is 3.38. The van der Waals surface area contributed by atoms with Crippen molar-refractivity contribution in [1.29, 1.82) is 0 Å². The average Bonchev–Trinajstić information content (AvgIpc) is 2.89. The predicted molar refractivity (Wildman–Crippen MR) is 77.7 cm³/mol. The summed E-state index contributed by atoms with van der Waals surface area (Å²) in [5, 5.41) is 0. The molecule has 17 heavy (non-hydrogen) atoms. The van der Waals surface area contributed by atoms with Gasteiger partial charge < -0.3 is 0 Å². The summed E-state index contributed by atoms with van der Waals surface area (Å²) in [6, 6.07) is 9.00. The normalized spacial score (nSPS) is 18.2. The van der Waals surface area contributed by atoms with Crippen LogP contribution in [0.3, 0.4) is 0 Å². The highest BCUT2D eigenvalue weighted by molar-refractivity contribution is 7.98. The minimum Gasteiger partial charge on any atom is -0.130 e. The van der Waals surface area contributed by atoms with E-state index in [4.69, 9.17) is 0 Å². The summed E-state index contributed by atoms with van der Waals surface area (Å²) in [5.41, 5.74) is 1.43. The Bertz CT molecular complexity index is 346. The van der Waals surface area contributed by atoms with Crippen LogP contribution in [0.15, 0.2) is 41.8 Å². The van der Waals surface area contributed by atoms with Gasteiger partial charge in [0.2, 0.25) is 0 Å². The molecular formula is C16H22S. The summed E-state index contributed by atoms with van der Waals surface area (Å²) in [4.78, 5) is 1.34. The molecule has 0 bridgehead atoms. The molecule has 0 radical (unpaired) electrons. The molecule has 1 aliphatic rings. The molecule has 0 aromatic heterocycles. The van der Waals surface area contributed by atoms with Crippen molar-refractivity contribution < 1.29 is 0 Å². The Labute approximate surface area is 110 Å². The molecule has 1 fully saturated rings. The molecule has 0 nitrogen and oxygen atoms in total. The summed E-state index contributed by atoms with van der Waals surface area (Å²) in [5.74, 6) is 1.48. The topological polar surface area (TPSA) is 0 Å². The first kappa shape index (κ1) is 12.8. The van der Waals surface area contributed by atoms with E-state index in [1.807, 2.05) is 0 Å². The molecule has 0 spiro atoms. The fraction of sp³-hybridized carbons (Fsp3) is 0.500. The van der Waals surface area contributed by atoms with Crippen molar-refractivity contribution in [2.24, 2.45) is 5.92 Å². The third-order valence-electron chi connectivity index (χ3n) is 3.89. The number of rotatable bonds is 5. The van der Waals surface area contributed by atoms with Gasteiger partial charge in [-0.05, 0) is 36.3 Å². The Morgan fingerprint density at radius 2 is 1.94 bits per heavy atom.